The molecule has 0 saturated carbocycles. The van der Waals surface area contributed by atoms with Crippen LogP contribution in [0, 0.1) is 6.92 Å². The quantitative estimate of drug-likeness (QED) is 0.385. The summed E-state index contributed by atoms with van der Waals surface area (Å²) in [5.74, 6) is -0.278. The number of nitrogens with one attached hydrogen (secondary N) is 1. The van der Waals surface area contributed by atoms with Crippen molar-refractivity contribution in [2.75, 3.05) is 23.9 Å². The number of benzene rings is 1. The highest BCUT2D eigenvalue weighted by molar-refractivity contribution is 7.89. The summed E-state index contributed by atoms with van der Waals surface area (Å²) >= 11 is 1.30. The molecule has 3 aromatic heterocycles. The van der Waals surface area contributed by atoms with Crippen molar-refractivity contribution in [3.05, 3.63) is 71.5 Å². The summed E-state index contributed by atoms with van der Waals surface area (Å²) in [6.07, 6.45) is 4.53. The number of carbonyl (C=O) groups is 2. The lowest BCUT2D eigenvalue weighted by molar-refractivity contribution is -0.123. The molecule has 2 amide bonds. The van der Waals surface area contributed by atoms with E-state index in [4.69, 9.17) is 5.73 Å². The predicted molar refractivity (Wildman–Crippen MR) is 143 cm³/mol. The van der Waals surface area contributed by atoms with Crippen molar-refractivity contribution in [3.63, 3.8) is 0 Å². The summed E-state index contributed by atoms with van der Waals surface area (Å²) in [5, 5.41) is 5.10. The summed E-state index contributed by atoms with van der Waals surface area (Å²) in [7, 11) is -3.52. The Kier molecular flexibility index (Phi) is 6.30. The van der Waals surface area contributed by atoms with Crippen LogP contribution in [0.25, 0.3) is 22.4 Å². The highest BCUT2D eigenvalue weighted by Crippen LogP contribution is 2.30. The number of nitrogen functional groups attached to an aromatic ring is 1. The molecule has 0 bridgehead atoms. The van der Waals surface area contributed by atoms with Crippen LogP contribution in [0.15, 0.2) is 60.2 Å². The fourth-order valence-corrected chi connectivity index (χ4v) is 5.84. The van der Waals surface area contributed by atoms with Gasteiger partial charge in [0.15, 0.2) is 5.13 Å². The molecule has 0 aliphatic carbocycles. The maximum Gasteiger partial charge on any atom is 0.256 e. The van der Waals surface area contributed by atoms with Crippen molar-refractivity contribution in [1.82, 2.24) is 18.8 Å². The first kappa shape index (κ1) is 24.7. The molecule has 10 nitrogen and oxygen atoms in total. The van der Waals surface area contributed by atoms with E-state index in [2.05, 4.69) is 15.3 Å². The number of pyridine rings is 1. The van der Waals surface area contributed by atoms with Gasteiger partial charge in [-0.15, -0.1) is 11.3 Å². The minimum atomic E-state index is -3.52. The van der Waals surface area contributed by atoms with Gasteiger partial charge in [-0.3, -0.25) is 9.59 Å². The number of amides is 2. The van der Waals surface area contributed by atoms with E-state index in [0.717, 1.165) is 26.9 Å². The zero-order valence-electron chi connectivity index (χ0n) is 20.1. The van der Waals surface area contributed by atoms with Crippen LogP contribution in [-0.2, 0) is 14.8 Å². The topological polar surface area (TPSA) is 140 Å². The Balaban J connectivity index is 1.28. The third-order valence-electron chi connectivity index (χ3n) is 6.16. The summed E-state index contributed by atoms with van der Waals surface area (Å²) in [6, 6.07) is 12.4. The van der Waals surface area contributed by atoms with Gasteiger partial charge >= 0.3 is 0 Å². The molecule has 12 heteroatoms. The first-order chi connectivity index (χ1) is 17.6. The molecule has 0 unspecified atom stereocenters. The number of hydrogen-bond donors (Lipinski definition) is 2. The number of thiazole rings is 1. The molecular weight excluding hydrogens is 512 g/mol. The van der Waals surface area contributed by atoms with Gasteiger partial charge in [-0.05, 0) is 48.7 Å². The minimum Gasteiger partial charge on any atom is -0.384 e. The number of anilines is 2. The second-order valence-electron chi connectivity index (χ2n) is 8.81. The minimum absolute atomic E-state index is 0.229. The molecule has 0 spiro atoms. The van der Waals surface area contributed by atoms with E-state index in [1.54, 1.807) is 19.2 Å². The predicted octanol–water partition coefficient (Wildman–Crippen LogP) is 3.23. The molecule has 4 aromatic rings. The van der Waals surface area contributed by atoms with Crippen molar-refractivity contribution < 1.29 is 18.0 Å². The van der Waals surface area contributed by atoms with Gasteiger partial charge in [0.1, 0.15) is 11.9 Å². The highest BCUT2D eigenvalue weighted by Gasteiger charge is 2.38. The van der Waals surface area contributed by atoms with E-state index >= 15 is 0 Å². The van der Waals surface area contributed by atoms with Gasteiger partial charge in [0, 0.05) is 35.6 Å². The monoisotopic (exact) mass is 536 g/mol. The molecule has 1 atom stereocenters. The Labute approximate surface area is 217 Å². The van der Waals surface area contributed by atoms with Crippen LogP contribution in [0.4, 0.5) is 10.9 Å². The maximum atomic E-state index is 13.0. The molecule has 1 aromatic carbocycles. The van der Waals surface area contributed by atoms with Gasteiger partial charge in [0.05, 0.1) is 17.5 Å². The SMILES string of the molecule is Cc1cc(C(=O)N2CC[C@H]2C(=O)Nc2nc(-c3cccc(-c4ccnc(N)c4)c3)cs2)cn1S(C)(=O)=O. The van der Waals surface area contributed by atoms with Gasteiger partial charge in [0.2, 0.25) is 15.9 Å². The summed E-state index contributed by atoms with van der Waals surface area (Å²) in [4.78, 5) is 35.9. The van der Waals surface area contributed by atoms with E-state index in [0.29, 0.717) is 35.3 Å². The number of hydrogen-bond acceptors (Lipinski definition) is 8. The van der Waals surface area contributed by atoms with Crippen LogP contribution < -0.4 is 11.1 Å². The number of likely N-dealkylation sites (tertiary alicyclic amines) is 1. The molecular formula is C25H24N6O4S2. The number of aryl methyl sites for hydroxylation is 1. The molecule has 1 aliphatic heterocycles. The standard InChI is InChI=1S/C25H24N6O4S2/c1-15-10-19(13-31(15)37(2,34)35)24(33)30-9-7-21(30)23(32)29-25-28-20(14-36-25)18-5-3-4-16(11-18)17-6-8-27-22(26)12-17/h3-6,8,10-14,21H,7,9H2,1-2H3,(H2,26,27)(H,28,29,32)/t21-/m0/s1. The van der Waals surface area contributed by atoms with Crippen LogP contribution in [0.3, 0.4) is 0 Å². The number of nitrogens with zero attached hydrogens (tertiary/aromatic N) is 4. The molecule has 4 heterocycles. The first-order valence-corrected chi connectivity index (χ1v) is 14.1. The molecule has 1 fully saturated rings. The van der Waals surface area contributed by atoms with Crippen LogP contribution in [-0.4, -0.2) is 57.9 Å². The van der Waals surface area contributed by atoms with Crippen LogP contribution in [0.2, 0.25) is 0 Å². The van der Waals surface area contributed by atoms with Crippen LogP contribution in [0.5, 0.6) is 0 Å². The van der Waals surface area contributed by atoms with Gasteiger partial charge in [0.25, 0.3) is 5.91 Å². The largest absolute Gasteiger partial charge is 0.384 e. The summed E-state index contributed by atoms with van der Waals surface area (Å²) in [6.45, 7) is 2.02. The number of nitrogens with two attached hydrogens (primary N) is 1. The molecule has 1 saturated heterocycles. The molecule has 1 aliphatic rings. The molecule has 5 rings (SSSR count). The van der Waals surface area contributed by atoms with Gasteiger partial charge < -0.3 is 16.0 Å². The average Bonchev–Trinajstić information content (AvgIpc) is 3.45. The average molecular weight is 537 g/mol. The highest BCUT2D eigenvalue weighted by atomic mass is 32.2. The van der Waals surface area contributed by atoms with E-state index in [1.807, 2.05) is 35.7 Å². The van der Waals surface area contributed by atoms with E-state index in [9.17, 15) is 18.0 Å². The van der Waals surface area contributed by atoms with Crippen molar-refractivity contribution in [3.8, 4) is 22.4 Å². The van der Waals surface area contributed by atoms with Gasteiger partial charge in [-0.1, -0.05) is 18.2 Å². The van der Waals surface area contributed by atoms with Gasteiger partial charge in [-0.2, -0.15) is 0 Å². The number of carbonyl (C=O) groups excluding carboxylic acids is 2. The third kappa shape index (κ3) is 4.98. The van der Waals surface area contributed by atoms with Crippen molar-refractivity contribution in [1.29, 1.82) is 0 Å². The van der Waals surface area contributed by atoms with Crippen LogP contribution in [0.1, 0.15) is 22.5 Å². The lowest BCUT2D eigenvalue weighted by atomic mass is 10.0. The van der Waals surface area contributed by atoms with E-state index in [1.165, 1.54) is 28.5 Å². The fourth-order valence-electron chi connectivity index (χ4n) is 4.24. The Hall–Kier alpha value is -4.03. The summed E-state index contributed by atoms with van der Waals surface area (Å²) in [5.41, 5.74) is 9.97. The third-order valence-corrected chi connectivity index (χ3v) is 8.03. The van der Waals surface area contributed by atoms with Crippen LogP contribution >= 0.6 is 11.3 Å². The van der Waals surface area contributed by atoms with E-state index in [-0.39, 0.29) is 17.4 Å². The van der Waals surface area contributed by atoms with Gasteiger partial charge in [-0.25, -0.2) is 22.4 Å². The Morgan fingerprint density at radius 3 is 2.57 bits per heavy atom. The van der Waals surface area contributed by atoms with E-state index < -0.39 is 16.1 Å². The zero-order chi connectivity index (χ0) is 26.3. The Morgan fingerprint density at radius 1 is 1.14 bits per heavy atom. The number of rotatable bonds is 6. The lowest BCUT2D eigenvalue weighted by Gasteiger charge is -2.39. The zero-order valence-corrected chi connectivity index (χ0v) is 21.7. The molecule has 37 heavy (non-hydrogen) atoms. The normalized spacial score (nSPS) is 15.3. The molecule has 0 radical (unpaired) electrons. The number of aromatic nitrogens is 3. The smallest absolute Gasteiger partial charge is 0.256 e. The van der Waals surface area contributed by atoms with Crippen molar-refractivity contribution in [2.24, 2.45) is 0 Å². The lowest BCUT2D eigenvalue weighted by Crippen LogP contribution is -2.56. The van der Waals surface area contributed by atoms with Crippen molar-refractivity contribution in [2.45, 2.75) is 19.4 Å². The fraction of sp³-hybridized carbons (Fsp3) is 0.200. The second-order valence-corrected chi connectivity index (χ2v) is 11.5. The second kappa shape index (κ2) is 9.45. The Morgan fingerprint density at radius 2 is 1.89 bits per heavy atom. The maximum absolute atomic E-state index is 13.0. The van der Waals surface area contributed by atoms with Crippen molar-refractivity contribution >= 4 is 44.1 Å². The first-order valence-electron chi connectivity index (χ1n) is 11.4. The molecule has 3 N–H and O–H groups in total. The molecule has 190 valence electrons. The summed E-state index contributed by atoms with van der Waals surface area (Å²) < 4.78 is 24.8. The Bertz CT molecular complexity index is 1630.